The average molecular weight is 353 g/mol. The van der Waals surface area contributed by atoms with Gasteiger partial charge in [-0.15, -0.1) is 0 Å². The molecule has 2 aliphatic rings. The fourth-order valence-corrected chi connectivity index (χ4v) is 4.36. The summed E-state index contributed by atoms with van der Waals surface area (Å²) in [6.45, 7) is 1.31. The first-order valence-corrected chi connectivity index (χ1v) is 9.84. The Kier molecular flexibility index (Phi) is 4.96. The molecule has 2 heterocycles. The maximum absolute atomic E-state index is 12.8. The molecule has 0 spiro atoms. The van der Waals surface area contributed by atoms with E-state index < -0.39 is 0 Å². The summed E-state index contributed by atoms with van der Waals surface area (Å²) >= 11 is 0. The summed E-state index contributed by atoms with van der Waals surface area (Å²) in [6, 6.07) is 8.40. The van der Waals surface area contributed by atoms with Crippen molar-refractivity contribution >= 4 is 22.7 Å². The summed E-state index contributed by atoms with van der Waals surface area (Å²) in [5, 5.41) is 4.30. The van der Waals surface area contributed by atoms with Gasteiger partial charge >= 0.3 is 0 Å². The topological polar surface area (TPSA) is 65.2 Å². The number of aromatic amines is 1. The summed E-state index contributed by atoms with van der Waals surface area (Å²) < 4.78 is 0. The maximum Gasteiger partial charge on any atom is 0.227 e. The molecule has 0 radical (unpaired) electrons. The van der Waals surface area contributed by atoms with E-state index in [0.717, 1.165) is 48.7 Å². The molecule has 138 valence electrons. The zero-order chi connectivity index (χ0) is 17.9. The van der Waals surface area contributed by atoms with Crippen LogP contribution in [0, 0.1) is 5.92 Å². The number of amides is 2. The van der Waals surface area contributed by atoms with E-state index in [1.54, 1.807) is 0 Å². The van der Waals surface area contributed by atoms with Crippen molar-refractivity contribution in [2.24, 2.45) is 5.92 Å². The predicted molar refractivity (Wildman–Crippen MR) is 102 cm³/mol. The summed E-state index contributed by atoms with van der Waals surface area (Å²) in [5.74, 6) is 0.200. The molecular weight excluding hydrogens is 326 g/mol. The molecule has 1 saturated heterocycles. The number of nitrogens with zero attached hydrogens (tertiary/aromatic N) is 1. The molecule has 1 aliphatic carbocycles. The zero-order valence-corrected chi connectivity index (χ0v) is 15.2. The van der Waals surface area contributed by atoms with Gasteiger partial charge in [-0.05, 0) is 37.3 Å². The lowest BCUT2D eigenvalue weighted by atomic mass is 9.96. The van der Waals surface area contributed by atoms with Crippen molar-refractivity contribution < 1.29 is 9.59 Å². The van der Waals surface area contributed by atoms with E-state index in [1.807, 2.05) is 35.4 Å². The molecule has 1 atom stereocenters. The van der Waals surface area contributed by atoms with E-state index in [0.29, 0.717) is 19.0 Å². The first kappa shape index (κ1) is 17.1. The quantitative estimate of drug-likeness (QED) is 0.887. The van der Waals surface area contributed by atoms with E-state index >= 15 is 0 Å². The van der Waals surface area contributed by atoms with Crippen LogP contribution in [-0.2, 0) is 16.0 Å². The molecule has 5 nitrogen and oxygen atoms in total. The Labute approximate surface area is 154 Å². The Bertz CT molecular complexity index is 791. The van der Waals surface area contributed by atoms with Gasteiger partial charge in [0.1, 0.15) is 0 Å². The minimum Gasteiger partial charge on any atom is -0.361 e. The molecule has 0 bridgehead atoms. The number of rotatable bonds is 4. The van der Waals surface area contributed by atoms with Crippen LogP contribution in [0.1, 0.15) is 44.1 Å². The molecule has 1 unspecified atom stereocenters. The molecule has 5 heteroatoms. The molecule has 1 saturated carbocycles. The first-order chi connectivity index (χ1) is 12.7. The SMILES string of the molecule is O=C(NC1CCCC1)C1CCCN(C(=O)Cc2c[nH]c3ccccc23)C1. The van der Waals surface area contributed by atoms with Crippen molar-refractivity contribution in [3.63, 3.8) is 0 Å². The largest absolute Gasteiger partial charge is 0.361 e. The second-order valence-corrected chi connectivity index (χ2v) is 7.71. The van der Waals surface area contributed by atoms with Gasteiger partial charge in [0.2, 0.25) is 11.8 Å². The minimum absolute atomic E-state index is 0.0590. The monoisotopic (exact) mass is 353 g/mol. The Morgan fingerprint density at radius 3 is 2.77 bits per heavy atom. The predicted octanol–water partition coefficient (Wildman–Crippen LogP) is 3.01. The summed E-state index contributed by atoms with van der Waals surface area (Å²) in [6.07, 6.45) is 8.73. The second-order valence-electron chi connectivity index (χ2n) is 7.71. The second kappa shape index (κ2) is 7.52. The Morgan fingerprint density at radius 1 is 1.12 bits per heavy atom. The van der Waals surface area contributed by atoms with E-state index in [-0.39, 0.29) is 17.7 Å². The Balaban J connectivity index is 1.37. The van der Waals surface area contributed by atoms with Gasteiger partial charge in [0.05, 0.1) is 12.3 Å². The van der Waals surface area contributed by atoms with Crippen LogP contribution >= 0.6 is 0 Å². The maximum atomic E-state index is 12.8. The van der Waals surface area contributed by atoms with Crippen LogP contribution in [0.5, 0.6) is 0 Å². The van der Waals surface area contributed by atoms with Crippen molar-refractivity contribution in [1.82, 2.24) is 15.2 Å². The van der Waals surface area contributed by atoms with Crippen molar-refractivity contribution in [1.29, 1.82) is 0 Å². The molecular formula is C21H27N3O2. The highest BCUT2D eigenvalue weighted by molar-refractivity contribution is 5.89. The zero-order valence-electron chi connectivity index (χ0n) is 15.2. The number of piperidine rings is 1. The van der Waals surface area contributed by atoms with Crippen LogP contribution in [0.15, 0.2) is 30.5 Å². The van der Waals surface area contributed by atoms with E-state index in [9.17, 15) is 9.59 Å². The van der Waals surface area contributed by atoms with Crippen LogP contribution in [-0.4, -0.2) is 40.8 Å². The van der Waals surface area contributed by atoms with E-state index in [1.165, 1.54) is 12.8 Å². The summed E-state index contributed by atoms with van der Waals surface area (Å²) in [7, 11) is 0. The molecule has 2 amide bonds. The van der Waals surface area contributed by atoms with Crippen LogP contribution in [0.4, 0.5) is 0 Å². The molecule has 2 N–H and O–H groups in total. The van der Waals surface area contributed by atoms with E-state index in [4.69, 9.17) is 0 Å². The van der Waals surface area contributed by atoms with Gasteiger partial charge in [-0.2, -0.15) is 0 Å². The third-order valence-corrected chi connectivity index (χ3v) is 5.86. The summed E-state index contributed by atoms with van der Waals surface area (Å²) in [4.78, 5) is 30.5. The number of nitrogens with one attached hydrogen (secondary N) is 2. The third kappa shape index (κ3) is 3.62. The number of fused-ring (bicyclic) bond motifs is 1. The number of carbonyl (C=O) groups excluding carboxylic acids is 2. The minimum atomic E-state index is -0.0590. The number of likely N-dealkylation sites (tertiary alicyclic amines) is 1. The smallest absolute Gasteiger partial charge is 0.227 e. The lowest BCUT2D eigenvalue weighted by Crippen LogP contribution is -2.47. The van der Waals surface area contributed by atoms with Crippen molar-refractivity contribution in [2.45, 2.75) is 51.0 Å². The molecule has 2 fully saturated rings. The highest BCUT2D eigenvalue weighted by atomic mass is 16.2. The fraction of sp³-hybridized carbons (Fsp3) is 0.524. The van der Waals surface area contributed by atoms with Crippen LogP contribution in [0.3, 0.4) is 0 Å². The van der Waals surface area contributed by atoms with Gasteiger partial charge in [-0.1, -0.05) is 31.0 Å². The Morgan fingerprint density at radius 2 is 1.92 bits per heavy atom. The van der Waals surface area contributed by atoms with Gasteiger partial charge in [0.15, 0.2) is 0 Å². The van der Waals surface area contributed by atoms with Gasteiger partial charge < -0.3 is 15.2 Å². The van der Waals surface area contributed by atoms with Crippen LogP contribution in [0.2, 0.25) is 0 Å². The molecule has 1 aromatic carbocycles. The highest BCUT2D eigenvalue weighted by Gasteiger charge is 2.30. The Hall–Kier alpha value is -2.30. The molecule has 4 rings (SSSR count). The van der Waals surface area contributed by atoms with Crippen LogP contribution < -0.4 is 5.32 Å². The molecule has 26 heavy (non-hydrogen) atoms. The highest BCUT2D eigenvalue weighted by Crippen LogP contribution is 2.23. The van der Waals surface area contributed by atoms with Gasteiger partial charge in [0, 0.05) is 36.2 Å². The standard InChI is InChI=1S/C21H27N3O2/c25-20(12-16-13-22-19-10-4-3-9-18(16)19)24-11-5-6-15(14-24)21(26)23-17-7-1-2-8-17/h3-4,9-10,13,15,17,22H,1-2,5-8,11-12,14H2,(H,23,26). The number of benzene rings is 1. The number of hydrogen-bond donors (Lipinski definition) is 2. The number of para-hydroxylation sites is 1. The van der Waals surface area contributed by atoms with Crippen molar-refractivity contribution in [3.8, 4) is 0 Å². The number of H-pyrrole nitrogens is 1. The summed E-state index contributed by atoms with van der Waals surface area (Å²) in [5.41, 5.74) is 2.09. The number of carbonyl (C=O) groups is 2. The van der Waals surface area contributed by atoms with Crippen LogP contribution in [0.25, 0.3) is 10.9 Å². The molecule has 1 aromatic heterocycles. The number of aromatic nitrogens is 1. The fourth-order valence-electron chi connectivity index (χ4n) is 4.36. The van der Waals surface area contributed by atoms with Gasteiger partial charge in [-0.25, -0.2) is 0 Å². The van der Waals surface area contributed by atoms with E-state index in [2.05, 4.69) is 10.3 Å². The molecule has 1 aliphatic heterocycles. The van der Waals surface area contributed by atoms with Gasteiger partial charge in [-0.3, -0.25) is 9.59 Å². The molecule has 2 aromatic rings. The third-order valence-electron chi connectivity index (χ3n) is 5.86. The lowest BCUT2D eigenvalue weighted by Gasteiger charge is -2.32. The number of hydrogen-bond acceptors (Lipinski definition) is 2. The average Bonchev–Trinajstić information content (AvgIpc) is 3.32. The first-order valence-electron chi connectivity index (χ1n) is 9.84. The van der Waals surface area contributed by atoms with Gasteiger partial charge in [0.25, 0.3) is 0 Å². The normalized spacial score (nSPS) is 21.2. The van der Waals surface area contributed by atoms with Crippen molar-refractivity contribution in [2.75, 3.05) is 13.1 Å². The lowest BCUT2D eigenvalue weighted by molar-refractivity contribution is -0.135. The van der Waals surface area contributed by atoms with Crippen molar-refractivity contribution in [3.05, 3.63) is 36.0 Å².